The zero-order valence-electron chi connectivity index (χ0n) is 15.5. The van der Waals surface area contributed by atoms with Crippen LogP contribution in [0.15, 0.2) is 30.3 Å². The lowest BCUT2D eigenvalue weighted by Gasteiger charge is -2.33. The number of halogens is 1. The minimum atomic E-state index is -0.477. The summed E-state index contributed by atoms with van der Waals surface area (Å²) in [5.41, 5.74) is 6.36. The van der Waals surface area contributed by atoms with E-state index in [0.717, 1.165) is 24.8 Å². The average molecular weight is 395 g/mol. The van der Waals surface area contributed by atoms with Gasteiger partial charge in [0.1, 0.15) is 6.04 Å². The number of carbonyl (C=O) groups is 1. The zero-order valence-corrected chi connectivity index (χ0v) is 16.3. The first kappa shape index (κ1) is 21.3. The van der Waals surface area contributed by atoms with Crippen molar-refractivity contribution in [1.29, 1.82) is 0 Å². The minimum Gasteiger partial charge on any atom is -0.378 e. The monoisotopic (exact) mass is 394 g/mol. The molecule has 1 atom stereocenters. The number of hydrogen-bond acceptors (Lipinski definition) is 6. The van der Waals surface area contributed by atoms with Crippen LogP contribution in [0.4, 0.5) is 0 Å². The molecule has 0 bridgehead atoms. The standard InChI is InChI=1S/C18H26N6O2.ClH/c1-14(24-21-17(20-22-24)15-6-3-2-4-7-15)18(25)23-11-8-16(9-12-23)26-13-5-10-19;/h2-4,6-7,14,16H,5,8-13,19H2,1H3;1H. The number of benzene rings is 1. The van der Waals surface area contributed by atoms with Gasteiger partial charge in [0.05, 0.1) is 6.10 Å². The largest absolute Gasteiger partial charge is 0.378 e. The molecule has 0 aliphatic carbocycles. The Morgan fingerprint density at radius 2 is 2.00 bits per heavy atom. The second-order valence-corrected chi connectivity index (χ2v) is 6.51. The van der Waals surface area contributed by atoms with Gasteiger partial charge in [0.2, 0.25) is 11.7 Å². The van der Waals surface area contributed by atoms with Crippen LogP contribution in [0.5, 0.6) is 0 Å². The summed E-state index contributed by atoms with van der Waals surface area (Å²) in [4.78, 5) is 16.0. The van der Waals surface area contributed by atoms with Gasteiger partial charge in [-0.15, -0.1) is 22.6 Å². The second-order valence-electron chi connectivity index (χ2n) is 6.51. The maximum atomic E-state index is 12.8. The number of hydrogen-bond donors (Lipinski definition) is 1. The number of nitrogens with zero attached hydrogens (tertiary/aromatic N) is 5. The first-order valence-electron chi connectivity index (χ1n) is 9.14. The van der Waals surface area contributed by atoms with Crippen LogP contribution >= 0.6 is 12.4 Å². The Morgan fingerprint density at radius 3 is 2.67 bits per heavy atom. The molecule has 0 radical (unpaired) electrons. The van der Waals surface area contributed by atoms with E-state index < -0.39 is 6.04 Å². The smallest absolute Gasteiger partial charge is 0.249 e. The predicted octanol–water partition coefficient (Wildman–Crippen LogP) is 1.68. The molecule has 1 amide bonds. The molecular weight excluding hydrogens is 368 g/mol. The normalized spacial score (nSPS) is 16.0. The number of aromatic nitrogens is 4. The molecule has 1 saturated heterocycles. The van der Waals surface area contributed by atoms with Crippen LogP contribution in [0.25, 0.3) is 11.4 Å². The maximum absolute atomic E-state index is 12.8. The van der Waals surface area contributed by atoms with Gasteiger partial charge in [0.25, 0.3) is 0 Å². The molecule has 0 saturated carbocycles. The molecule has 8 nitrogen and oxygen atoms in total. The van der Waals surface area contributed by atoms with Gasteiger partial charge in [-0.25, -0.2) is 0 Å². The van der Waals surface area contributed by atoms with E-state index >= 15 is 0 Å². The highest BCUT2D eigenvalue weighted by molar-refractivity contribution is 5.85. The molecule has 27 heavy (non-hydrogen) atoms. The molecule has 0 spiro atoms. The fourth-order valence-electron chi connectivity index (χ4n) is 3.03. The highest BCUT2D eigenvalue weighted by Gasteiger charge is 2.28. The average Bonchev–Trinajstić information content (AvgIpc) is 3.18. The van der Waals surface area contributed by atoms with E-state index in [1.165, 1.54) is 4.80 Å². The van der Waals surface area contributed by atoms with Gasteiger partial charge in [-0.1, -0.05) is 30.3 Å². The number of ether oxygens (including phenoxy) is 1. The van der Waals surface area contributed by atoms with Gasteiger partial charge in [-0.3, -0.25) is 4.79 Å². The molecule has 2 heterocycles. The third-order valence-corrected chi connectivity index (χ3v) is 4.62. The number of amides is 1. The van der Waals surface area contributed by atoms with E-state index in [4.69, 9.17) is 10.5 Å². The van der Waals surface area contributed by atoms with Crippen LogP contribution in [-0.4, -0.2) is 63.4 Å². The van der Waals surface area contributed by atoms with Gasteiger partial charge in [0, 0.05) is 25.3 Å². The summed E-state index contributed by atoms with van der Waals surface area (Å²) in [6.45, 7) is 4.53. The van der Waals surface area contributed by atoms with Crippen LogP contribution in [0.3, 0.4) is 0 Å². The Labute approximate surface area is 165 Å². The third-order valence-electron chi connectivity index (χ3n) is 4.62. The molecule has 1 aromatic heterocycles. The molecule has 1 fully saturated rings. The summed E-state index contributed by atoms with van der Waals surface area (Å²) in [7, 11) is 0. The quantitative estimate of drug-likeness (QED) is 0.717. The Hall–Kier alpha value is -2.03. The Kier molecular flexibility index (Phi) is 8.15. The molecular formula is C18H27ClN6O2. The van der Waals surface area contributed by atoms with Crippen LogP contribution in [-0.2, 0) is 9.53 Å². The number of piperidine rings is 1. The van der Waals surface area contributed by atoms with E-state index in [0.29, 0.717) is 32.1 Å². The van der Waals surface area contributed by atoms with Gasteiger partial charge in [-0.05, 0) is 37.9 Å². The second kappa shape index (κ2) is 10.3. The fourth-order valence-corrected chi connectivity index (χ4v) is 3.03. The van der Waals surface area contributed by atoms with Crippen molar-refractivity contribution in [3.05, 3.63) is 30.3 Å². The van der Waals surface area contributed by atoms with Crippen LogP contribution in [0, 0.1) is 0 Å². The summed E-state index contributed by atoms with van der Waals surface area (Å²) < 4.78 is 5.79. The summed E-state index contributed by atoms with van der Waals surface area (Å²) in [6, 6.07) is 9.14. The first-order valence-corrected chi connectivity index (χ1v) is 9.14. The molecule has 2 aromatic rings. The van der Waals surface area contributed by atoms with Crippen molar-refractivity contribution in [2.24, 2.45) is 5.73 Å². The van der Waals surface area contributed by atoms with Crippen molar-refractivity contribution < 1.29 is 9.53 Å². The van der Waals surface area contributed by atoms with Gasteiger partial charge in [0.15, 0.2) is 0 Å². The number of carbonyl (C=O) groups excluding carboxylic acids is 1. The highest BCUT2D eigenvalue weighted by Crippen LogP contribution is 2.18. The van der Waals surface area contributed by atoms with E-state index in [9.17, 15) is 4.79 Å². The number of tetrazole rings is 1. The highest BCUT2D eigenvalue weighted by atomic mass is 35.5. The lowest BCUT2D eigenvalue weighted by atomic mass is 10.1. The van der Waals surface area contributed by atoms with E-state index in [1.807, 2.05) is 42.2 Å². The Balaban J connectivity index is 0.00000261. The molecule has 148 valence electrons. The van der Waals surface area contributed by atoms with Crippen molar-refractivity contribution in [1.82, 2.24) is 25.1 Å². The minimum absolute atomic E-state index is 0. The SMILES string of the molecule is CC(C(=O)N1CCC(OCCCN)CC1)n1nnc(-c2ccccc2)n1.Cl. The molecule has 9 heteroatoms. The lowest BCUT2D eigenvalue weighted by Crippen LogP contribution is -2.44. The van der Waals surface area contributed by atoms with Gasteiger partial charge < -0.3 is 15.4 Å². The van der Waals surface area contributed by atoms with E-state index in [1.54, 1.807) is 0 Å². The van der Waals surface area contributed by atoms with Gasteiger partial charge >= 0.3 is 0 Å². The van der Waals surface area contributed by atoms with Crippen molar-refractivity contribution in [3.8, 4) is 11.4 Å². The van der Waals surface area contributed by atoms with Gasteiger partial charge in [-0.2, -0.15) is 4.80 Å². The lowest BCUT2D eigenvalue weighted by molar-refractivity contribution is -0.137. The molecule has 1 aromatic carbocycles. The molecule has 3 rings (SSSR count). The maximum Gasteiger partial charge on any atom is 0.249 e. The summed E-state index contributed by atoms with van der Waals surface area (Å²) >= 11 is 0. The topological polar surface area (TPSA) is 99.2 Å². The van der Waals surface area contributed by atoms with E-state index in [2.05, 4.69) is 15.4 Å². The Bertz CT molecular complexity index is 703. The van der Waals surface area contributed by atoms with Crippen LogP contribution in [0.1, 0.15) is 32.2 Å². The number of rotatable bonds is 7. The predicted molar refractivity (Wildman–Crippen MR) is 104 cm³/mol. The molecule has 2 N–H and O–H groups in total. The summed E-state index contributed by atoms with van der Waals surface area (Å²) in [5, 5.41) is 12.5. The molecule has 1 aliphatic rings. The molecule has 1 unspecified atom stereocenters. The number of nitrogens with two attached hydrogens (primary N) is 1. The number of likely N-dealkylation sites (tertiary alicyclic amines) is 1. The van der Waals surface area contributed by atoms with Crippen LogP contribution in [0.2, 0.25) is 0 Å². The Morgan fingerprint density at radius 1 is 1.30 bits per heavy atom. The molecule has 1 aliphatic heterocycles. The summed E-state index contributed by atoms with van der Waals surface area (Å²) in [6.07, 6.45) is 2.79. The van der Waals surface area contributed by atoms with Crippen molar-refractivity contribution in [3.63, 3.8) is 0 Å². The van der Waals surface area contributed by atoms with Crippen molar-refractivity contribution in [2.45, 2.75) is 38.3 Å². The summed E-state index contributed by atoms with van der Waals surface area (Å²) in [5.74, 6) is 0.541. The zero-order chi connectivity index (χ0) is 18.4. The first-order chi connectivity index (χ1) is 12.7. The van der Waals surface area contributed by atoms with Crippen LogP contribution < -0.4 is 5.73 Å². The third kappa shape index (κ3) is 5.47. The fraction of sp³-hybridized carbons (Fsp3) is 0.556. The van der Waals surface area contributed by atoms with E-state index in [-0.39, 0.29) is 24.4 Å². The van der Waals surface area contributed by atoms with Crippen molar-refractivity contribution in [2.75, 3.05) is 26.2 Å². The van der Waals surface area contributed by atoms with Crippen molar-refractivity contribution >= 4 is 18.3 Å².